The molecule has 0 aliphatic heterocycles. The summed E-state index contributed by atoms with van der Waals surface area (Å²) in [6.45, 7) is 5.86. The number of methoxy groups -OCH3 is 1. The fourth-order valence-electron chi connectivity index (χ4n) is 3.83. The fourth-order valence-corrected chi connectivity index (χ4v) is 3.83. The summed E-state index contributed by atoms with van der Waals surface area (Å²) < 4.78 is 8.77. The molecule has 4 aromatic rings. The van der Waals surface area contributed by atoms with Crippen LogP contribution in [0.1, 0.15) is 26.3 Å². The molecule has 0 aliphatic rings. The lowest BCUT2D eigenvalue weighted by Crippen LogP contribution is -2.27. The highest BCUT2D eigenvalue weighted by Crippen LogP contribution is 2.30. The van der Waals surface area contributed by atoms with Gasteiger partial charge < -0.3 is 20.1 Å². The number of aliphatic carboxylic acids is 2. The van der Waals surface area contributed by atoms with Crippen molar-refractivity contribution in [3.05, 3.63) is 71.1 Å². The topological polar surface area (TPSA) is 157 Å². The predicted molar refractivity (Wildman–Crippen MR) is 142 cm³/mol. The van der Waals surface area contributed by atoms with Crippen LogP contribution in [0.15, 0.2) is 59.8 Å². The number of imidazole rings is 1. The van der Waals surface area contributed by atoms with Gasteiger partial charge in [0.05, 0.1) is 41.0 Å². The molecule has 4 rings (SSSR count). The van der Waals surface area contributed by atoms with Crippen molar-refractivity contribution in [1.82, 2.24) is 19.1 Å². The van der Waals surface area contributed by atoms with Crippen LogP contribution < -0.4 is 5.69 Å². The molecule has 1 atom stereocenters. The number of aliphatic hydroxyl groups is 1. The summed E-state index contributed by atoms with van der Waals surface area (Å²) in [5.41, 5.74) is 3.91. The van der Waals surface area contributed by atoms with Crippen molar-refractivity contribution in [3.8, 4) is 11.1 Å². The van der Waals surface area contributed by atoms with E-state index < -0.39 is 17.5 Å². The zero-order valence-electron chi connectivity index (χ0n) is 21.7. The Morgan fingerprint density at radius 2 is 1.74 bits per heavy atom. The molecule has 1 aromatic carbocycles. The second kappa shape index (κ2) is 11.4. The zero-order valence-corrected chi connectivity index (χ0v) is 21.7. The Balaban J connectivity index is 0.000000436. The first-order valence-corrected chi connectivity index (χ1v) is 11.7. The number of fused-ring (bicyclic) bond motifs is 3. The Bertz CT molecular complexity index is 1560. The summed E-state index contributed by atoms with van der Waals surface area (Å²) in [7, 11) is 3.40. The van der Waals surface area contributed by atoms with Gasteiger partial charge in [-0.1, -0.05) is 6.07 Å². The number of hydrogen-bond donors (Lipinski definition) is 3. The lowest BCUT2D eigenvalue weighted by Gasteiger charge is -2.18. The van der Waals surface area contributed by atoms with Crippen molar-refractivity contribution in [3.63, 3.8) is 0 Å². The molecule has 0 fully saturated rings. The summed E-state index contributed by atoms with van der Waals surface area (Å²) in [4.78, 5) is 40.9. The Labute approximate surface area is 218 Å². The van der Waals surface area contributed by atoms with Gasteiger partial charge in [-0.05, 0) is 44.5 Å². The monoisotopic (exact) mass is 522 g/mol. The van der Waals surface area contributed by atoms with Crippen molar-refractivity contribution < 1.29 is 29.6 Å². The van der Waals surface area contributed by atoms with E-state index in [9.17, 15) is 19.5 Å². The van der Waals surface area contributed by atoms with E-state index >= 15 is 0 Å². The highest BCUT2D eigenvalue weighted by Gasteiger charge is 2.19. The number of ether oxygens (including phenoxy) is 1. The van der Waals surface area contributed by atoms with Gasteiger partial charge in [0, 0.05) is 55.2 Å². The van der Waals surface area contributed by atoms with Crippen LogP contribution in [-0.2, 0) is 33.5 Å². The number of carbonyl (C=O) groups is 2. The van der Waals surface area contributed by atoms with E-state index in [0.717, 1.165) is 38.6 Å². The minimum absolute atomic E-state index is 0.0979. The van der Waals surface area contributed by atoms with E-state index in [1.54, 1.807) is 55.7 Å². The number of nitrogens with zero attached hydrogens (tertiary/aromatic N) is 4. The molecular weight excluding hydrogens is 492 g/mol. The molecule has 3 N–H and O–H groups in total. The normalized spacial score (nSPS) is 12.5. The highest BCUT2D eigenvalue weighted by atomic mass is 16.5. The number of carboxylic acids is 2. The van der Waals surface area contributed by atoms with E-state index in [0.29, 0.717) is 18.7 Å². The maximum Gasteiger partial charge on any atom is 0.328 e. The minimum Gasteiger partial charge on any atom is -0.478 e. The lowest BCUT2D eigenvalue weighted by molar-refractivity contribution is -0.134. The van der Waals surface area contributed by atoms with Gasteiger partial charge in [-0.25, -0.2) is 14.4 Å². The first kappa shape index (κ1) is 28.2. The van der Waals surface area contributed by atoms with Crippen LogP contribution in [0.2, 0.25) is 0 Å². The third-order valence-electron chi connectivity index (χ3n) is 5.96. The number of aromatic nitrogens is 4. The van der Waals surface area contributed by atoms with Crippen LogP contribution in [-0.4, -0.2) is 59.6 Å². The number of carboxylic acid groups (broad SMARTS) is 2. The summed E-state index contributed by atoms with van der Waals surface area (Å²) in [5, 5.41) is 26.9. The first-order valence-electron chi connectivity index (χ1n) is 11.7. The minimum atomic E-state index is -1.26. The molecule has 0 aliphatic carbocycles. The van der Waals surface area contributed by atoms with Crippen LogP contribution in [0.4, 0.5) is 0 Å². The van der Waals surface area contributed by atoms with E-state index in [-0.39, 0.29) is 11.8 Å². The molecule has 0 saturated heterocycles. The van der Waals surface area contributed by atoms with E-state index in [1.807, 2.05) is 31.2 Å². The average Bonchev–Trinajstić information content (AvgIpc) is 3.12. The maximum atomic E-state index is 12.9. The fraction of sp³-hybridized carbons (Fsp3) is 0.296. The third kappa shape index (κ3) is 6.31. The number of pyridine rings is 2. The van der Waals surface area contributed by atoms with Crippen LogP contribution in [0.25, 0.3) is 33.1 Å². The van der Waals surface area contributed by atoms with Crippen molar-refractivity contribution >= 4 is 33.9 Å². The Morgan fingerprint density at radius 3 is 2.32 bits per heavy atom. The molecule has 200 valence electrons. The molecule has 3 heterocycles. The van der Waals surface area contributed by atoms with E-state index in [2.05, 4.69) is 9.97 Å². The molecule has 0 unspecified atom stereocenters. The molecule has 38 heavy (non-hydrogen) atoms. The third-order valence-corrected chi connectivity index (χ3v) is 5.96. The summed E-state index contributed by atoms with van der Waals surface area (Å²) in [6, 6.07) is 7.90. The Kier molecular flexibility index (Phi) is 8.44. The van der Waals surface area contributed by atoms with Gasteiger partial charge in [0.1, 0.15) is 0 Å². The number of hydrogen-bond acceptors (Lipinski definition) is 7. The second-order valence-corrected chi connectivity index (χ2v) is 9.25. The molecule has 0 spiro atoms. The van der Waals surface area contributed by atoms with Gasteiger partial charge in [-0.3, -0.25) is 19.1 Å². The van der Waals surface area contributed by atoms with Crippen molar-refractivity contribution in [1.29, 1.82) is 0 Å². The van der Waals surface area contributed by atoms with Gasteiger partial charge in [0.2, 0.25) is 0 Å². The van der Waals surface area contributed by atoms with Crippen LogP contribution >= 0.6 is 0 Å². The summed E-state index contributed by atoms with van der Waals surface area (Å²) >= 11 is 0. The zero-order chi connectivity index (χ0) is 28.2. The molecular formula is C27H30N4O7. The van der Waals surface area contributed by atoms with E-state index in [1.165, 1.54) is 0 Å². The standard InChI is InChI=1S/C23H26N4O3.C4H4O4/c1-14(30-5)13-27-21-18-9-15(16-8-17(11-24-10-16)23(2,3)29)6-7-19(18)25-12-20(21)26(4)22(27)28;5-3(6)1-2-4(7)8/h6-12,14,29H,13H2,1-5H3;1-2H,(H,5,6)(H,7,8)/t14-;/m0./s1. The quantitative estimate of drug-likeness (QED) is 0.310. The number of aryl methyl sites for hydroxylation is 1. The molecule has 0 bridgehead atoms. The van der Waals surface area contributed by atoms with Gasteiger partial charge in [0.25, 0.3) is 0 Å². The average molecular weight is 523 g/mol. The van der Waals surface area contributed by atoms with Gasteiger partial charge >= 0.3 is 17.6 Å². The highest BCUT2D eigenvalue weighted by molar-refractivity contribution is 6.04. The van der Waals surface area contributed by atoms with Gasteiger partial charge in [-0.2, -0.15) is 0 Å². The van der Waals surface area contributed by atoms with Crippen LogP contribution in [0, 0.1) is 0 Å². The SMILES string of the molecule is CO[C@@H](C)Cn1c(=O)n(C)c2cnc3ccc(-c4cncc(C(C)(C)O)c4)cc3c21.O=C(O)C=CC(=O)O. The summed E-state index contributed by atoms with van der Waals surface area (Å²) in [6.07, 6.45) is 6.20. The summed E-state index contributed by atoms with van der Waals surface area (Å²) in [5.74, 6) is -2.51. The molecule has 3 aromatic heterocycles. The molecule has 0 amide bonds. The molecule has 11 nitrogen and oxygen atoms in total. The van der Waals surface area contributed by atoms with Crippen molar-refractivity contribution in [2.75, 3.05) is 7.11 Å². The van der Waals surface area contributed by atoms with Gasteiger partial charge in [0.15, 0.2) is 0 Å². The van der Waals surface area contributed by atoms with E-state index in [4.69, 9.17) is 14.9 Å². The predicted octanol–water partition coefficient (Wildman–Crippen LogP) is 2.92. The number of benzene rings is 1. The van der Waals surface area contributed by atoms with Crippen LogP contribution in [0.3, 0.4) is 0 Å². The van der Waals surface area contributed by atoms with Crippen LogP contribution in [0.5, 0.6) is 0 Å². The first-order chi connectivity index (χ1) is 17.8. The van der Waals surface area contributed by atoms with Crippen molar-refractivity contribution in [2.24, 2.45) is 7.05 Å². The smallest absolute Gasteiger partial charge is 0.328 e. The molecule has 11 heteroatoms. The maximum absolute atomic E-state index is 12.9. The Morgan fingerprint density at radius 1 is 1.08 bits per heavy atom. The van der Waals surface area contributed by atoms with Crippen molar-refractivity contribution in [2.45, 2.75) is 39.0 Å². The molecule has 0 radical (unpaired) electrons. The lowest BCUT2D eigenvalue weighted by atomic mass is 9.96. The second-order valence-electron chi connectivity index (χ2n) is 9.25. The molecule has 0 saturated carbocycles. The van der Waals surface area contributed by atoms with Gasteiger partial charge in [-0.15, -0.1) is 0 Å². The largest absolute Gasteiger partial charge is 0.478 e. The number of rotatable bonds is 7. The Hall–Kier alpha value is -4.35.